The van der Waals surface area contributed by atoms with Crippen molar-refractivity contribution in [3.8, 4) is 0 Å². The van der Waals surface area contributed by atoms with Crippen molar-refractivity contribution in [2.45, 2.75) is 50.7 Å². The predicted octanol–water partition coefficient (Wildman–Crippen LogP) is 2.66. The van der Waals surface area contributed by atoms with E-state index in [1.54, 1.807) is 0 Å². The number of hydrogen-bond donors (Lipinski definition) is 1. The van der Waals surface area contributed by atoms with Gasteiger partial charge < -0.3 is 5.73 Å². The molecule has 1 fully saturated rings. The third kappa shape index (κ3) is 2.38. The van der Waals surface area contributed by atoms with Crippen LogP contribution in [0, 0.1) is 0 Å². The van der Waals surface area contributed by atoms with Crippen LogP contribution in [-0.2, 0) is 13.1 Å². The van der Waals surface area contributed by atoms with E-state index in [9.17, 15) is 0 Å². The summed E-state index contributed by atoms with van der Waals surface area (Å²) in [6.07, 6.45) is 6.29. The highest BCUT2D eigenvalue weighted by atomic mass is 15.1. The van der Waals surface area contributed by atoms with Crippen molar-refractivity contribution in [1.29, 1.82) is 0 Å². The summed E-state index contributed by atoms with van der Waals surface area (Å²) in [7, 11) is 0. The summed E-state index contributed by atoms with van der Waals surface area (Å²) in [5, 5.41) is 0. The predicted molar refractivity (Wildman–Crippen MR) is 70.6 cm³/mol. The fourth-order valence-corrected chi connectivity index (χ4v) is 3.27. The van der Waals surface area contributed by atoms with E-state index in [0.29, 0.717) is 0 Å². The molecule has 2 aliphatic rings. The van der Waals surface area contributed by atoms with E-state index in [2.05, 4.69) is 29.2 Å². The number of benzene rings is 1. The summed E-state index contributed by atoms with van der Waals surface area (Å²) >= 11 is 0. The SMILES string of the molecule is NC1(CCN2Cc3ccccc3C2)CCCC1. The third-order valence-corrected chi connectivity index (χ3v) is 4.43. The molecule has 1 aromatic rings. The van der Waals surface area contributed by atoms with Crippen LogP contribution in [0.3, 0.4) is 0 Å². The summed E-state index contributed by atoms with van der Waals surface area (Å²) in [6.45, 7) is 3.39. The maximum absolute atomic E-state index is 6.42. The average molecular weight is 230 g/mol. The first-order valence-electron chi connectivity index (χ1n) is 6.83. The smallest absolute Gasteiger partial charge is 0.0240 e. The lowest BCUT2D eigenvalue weighted by Crippen LogP contribution is -2.39. The zero-order chi connectivity index (χ0) is 11.7. The van der Waals surface area contributed by atoms with Crippen molar-refractivity contribution >= 4 is 0 Å². The van der Waals surface area contributed by atoms with Gasteiger partial charge in [0.05, 0.1) is 0 Å². The molecule has 0 amide bonds. The first-order valence-corrected chi connectivity index (χ1v) is 6.83. The fraction of sp³-hybridized carbons (Fsp3) is 0.600. The van der Waals surface area contributed by atoms with Crippen LogP contribution in [0.15, 0.2) is 24.3 Å². The van der Waals surface area contributed by atoms with E-state index >= 15 is 0 Å². The largest absolute Gasteiger partial charge is 0.325 e. The highest BCUT2D eigenvalue weighted by Gasteiger charge is 2.30. The maximum Gasteiger partial charge on any atom is 0.0240 e. The Morgan fingerprint density at radius 2 is 1.65 bits per heavy atom. The molecule has 2 N–H and O–H groups in total. The Kier molecular flexibility index (Phi) is 2.93. The van der Waals surface area contributed by atoms with Crippen LogP contribution in [0.5, 0.6) is 0 Å². The van der Waals surface area contributed by atoms with Crippen molar-refractivity contribution in [3.63, 3.8) is 0 Å². The van der Waals surface area contributed by atoms with E-state index < -0.39 is 0 Å². The first-order chi connectivity index (χ1) is 8.25. The minimum absolute atomic E-state index is 0.148. The van der Waals surface area contributed by atoms with Gasteiger partial charge in [-0.3, -0.25) is 4.90 Å². The van der Waals surface area contributed by atoms with Crippen molar-refractivity contribution in [3.05, 3.63) is 35.4 Å². The Bertz CT molecular complexity index is 369. The minimum Gasteiger partial charge on any atom is -0.325 e. The molecule has 92 valence electrons. The van der Waals surface area contributed by atoms with Gasteiger partial charge >= 0.3 is 0 Å². The van der Waals surface area contributed by atoms with Crippen molar-refractivity contribution in [2.75, 3.05) is 6.54 Å². The molecule has 0 atom stereocenters. The monoisotopic (exact) mass is 230 g/mol. The van der Waals surface area contributed by atoms with Gasteiger partial charge in [-0.1, -0.05) is 37.1 Å². The number of rotatable bonds is 3. The molecule has 1 aliphatic heterocycles. The molecule has 1 saturated carbocycles. The molecular formula is C15H22N2. The summed E-state index contributed by atoms with van der Waals surface area (Å²) in [6, 6.07) is 8.79. The Balaban J connectivity index is 1.55. The Hall–Kier alpha value is -0.860. The Morgan fingerprint density at radius 1 is 1.06 bits per heavy atom. The summed E-state index contributed by atoms with van der Waals surface area (Å²) < 4.78 is 0. The third-order valence-electron chi connectivity index (χ3n) is 4.43. The summed E-state index contributed by atoms with van der Waals surface area (Å²) in [5.74, 6) is 0. The summed E-state index contributed by atoms with van der Waals surface area (Å²) in [5.41, 5.74) is 9.57. The second-order valence-electron chi connectivity index (χ2n) is 5.80. The van der Waals surface area contributed by atoms with E-state index in [-0.39, 0.29) is 5.54 Å². The molecule has 0 bridgehead atoms. The number of fused-ring (bicyclic) bond motifs is 1. The van der Waals surface area contributed by atoms with E-state index in [1.807, 2.05) is 0 Å². The molecule has 1 heterocycles. The molecule has 0 aromatic heterocycles. The van der Waals surface area contributed by atoms with Gasteiger partial charge in [-0.25, -0.2) is 0 Å². The molecule has 0 radical (unpaired) electrons. The van der Waals surface area contributed by atoms with Crippen LogP contribution in [0.25, 0.3) is 0 Å². The van der Waals surface area contributed by atoms with Gasteiger partial charge in [0.25, 0.3) is 0 Å². The van der Waals surface area contributed by atoms with Gasteiger partial charge in [-0.15, -0.1) is 0 Å². The standard InChI is InChI=1S/C15H22N2/c16-15(7-3-4-8-15)9-10-17-11-13-5-1-2-6-14(13)12-17/h1-2,5-6H,3-4,7-12,16H2. The number of nitrogens with zero attached hydrogens (tertiary/aromatic N) is 1. The number of hydrogen-bond acceptors (Lipinski definition) is 2. The minimum atomic E-state index is 0.148. The molecule has 17 heavy (non-hydrogen) atoms. The molecule has 2 nitrogen and oxygen atoms in total. The van der Waals surface area contributed by atoms with E-state index in [4.69, 9.17) is 5.73 Å². The van der Waals surface area contributed by atoms with Gasteiger partial charge in [-0.05, 0) is 30.4 Å². The average Bonchev–Trinajstić information content (AvgIpc) is 2.93. The van der Waals surface area contributed by atoms with Gasteiger partial charge in [-0.2, -0.15) is 0 Å². The maximum atomic E-state index is 6.42. The van der Waals surface area contributed by atoms with Crippen LogP contribution in [0.2, 0.25) is 0 Å². The van der Waals surface area contributed by atoms with Crippen LogP contribution in [0.1, 0.15) is 43.2 Å². The molecule has 1 aromatic carbocycles. The lowest BCUT2D eigenvalue weighted by Gasteiger charge is -2.26. The van der Waals surface area contributed by atoms with Crippen molar-refractivity contribution in [2.24, 2.45) is 5.73 Å². The summed E-state index contributed by atoms with van der Waals surface area (Å²) in [4.78, 5) is 2.54. The zero-order valence-corrected chi connectivity index (χ0v) is 10.5. The number of nitrogens with two attached hydrogens (primary N) is 1. The fourth-order valence-electron chi connectivity index (χ4n) is 3.27. The lowest BCUT2D eigenvalue weighted by atomic mass is 9.94. The highest BCUT2D eigenvalue weighted by Crippen LogP contribution is 2.31. The first kappa shape index (κ1) is 11.2. The molecule has 0 saturated heterocycles. The highest BCUT2D eigenvalue weighted by molar-refractivity contribution is 5.30. The molecule has 3 rings (SSSR count). The van der Waals surface area contributed by atoms with Crippen LogP contribution >= 0.6 is 0 Å². The van der Waals surface area contributed by atoms with Gasteiger partial charge in [0.15, 0.2) is 0 Å². The van der Waals surface area contributed by atoms with Gasteiger partial charge in [0, 0.05) is 25.2 Å². The van der Waals surface area contributed by atoms with Crippen LogP contribution < -0.4 is 5.73 Å². The van der Waals surface area contributed by atoms with Gasteiger partial charge in [0.2, 0.25) is 0 Å². The second kappa shape index (κ2) is 4.43. The topological polar surface area (TPSA) is 29.3 Å². The van der Waals surface area contributed by atoms with Crippen molar-refractivity contribution < 1.29 is 0 Å². The second-order valence-corrected chi connectivity index (χ2v) is 5.80. The van der Waals surface area contributed by atoms with Crippen LogP contribution in [-0.4, -0.2) is 17.0 Å². The Morgan fingerprint density at radius 3 is 2.24 bits per heavy atom. The lowest BCUT2D eigenvalue weighted by molar-refractivity contribution is 0.244. The van der Waals surface area contributed by atoms with Crippen LogP contribution in [0.4, 0.5) is 0 Å². The van der Waals surface area contributed by atoms with Gasteiger partial charge in [0.1, 0.15) is 0 Å². The molecular weight excluding hydrogens is 208 g/mol. The molecule has 1 aliphatic carbocycles. The normalized spacial score (nSPS) is 22.9. The molecule has 2 heteroatoms. The van der Waals surface area contributed by atoms with E-state index in [0.717, 1.165) is 19.6 Å². The molecule has 0 unspecified atom stereocenters. The molecule has 0 spiro atoms. The van der Waals surface area contributed by atoms with E-state index in [1.165, 1.54) is 43.2 Å². The van der Waals surface area contributed by atoms with Crippen molar-refractivity contribution in [1.82, 2.24) is 4.90 Å². The Labute approximate surface area is 104 Å². The quantitative estimate of drug-likeness (QED) is 0.865. The zero-order valence-electron chi connectivity index (χ0n) is 10.5.